The molecule has 0 bridgehead atoms. The molecular weight excluding hydrogens is 451 g/mol. The number of hydrogen-bond acceptors (Lipinski definition) is 4. The summed E-state index contributed by atoms with van der Waals surface area (Å²) >= 11 is 0. The van der Waals surface area contributed by atoms with Crippen LogP contribution in [-0.4, -0.2) is 29.8 Å². The van der Waals surface area contributed by atoms with Crippen molar-refractivity contribution in [2.45, 2.75) is 90.3 Å². The van der Waals surface area contributed by atoms with Gasteiger partial charge >= 0.3 is 17.1 Å². The number of halogens is 1. The number of rotatable bonds is 7. The molecule has 0 aromatic heterocycles. The Balaban J connectivity index is 2.01. The topological polar surface area (TPSA) is 36.9 Å². The second-order valence-corrected chi connectivity index (χ2v) is 19.4. The number of allylic oxidation sites excluding steroid dienone is 1. The van der Waals surface area contributed by atoms with Crippen molar-refractivity contribution in [3.8, 4) is 0 Å². The minimum Gasteiger partial charge on any atom is -0.486 e. The van der Waals surface area contributed by atoms with E-state index in [-0.39, 0.29) is 46.3 Å². The Morgan fingerprint density at radius 3 is 2.00 bits per heavy atom. The van der Waals surface area contributed by atoms with Crippen molar-refractivity contribution in [1.29, 1.82) is 0 Å². The third-order valence-corrected chi connectivity index (χ3v) is 17.4. The highest BCUT2D eigenvalue weighted by Crippen LogP contribution is 2.50. The van der Waals surface area contributed by atoms with Gasteiger partial charge in [0, 0.05) is 12.5 Å². The fourth-order valence-electron chi connectivity index (χ4n) is 5.16. The van der Waals surface area contributed by atoms with E-state index >= 15 is 4.39 Å². The second-order valence-electron chi connectivity index (χ2n) is 10.6. The summed E-state index contributed by atoms with van der Waals surface area (Å²) in [5, 5.41) is 0. The van der Waals surface area contributed by atoms with E-state index in [9.17, 15) is 0 Å². The molecule has 1 aliphatic heterocycles. The van der Waals surface area contributed by atoms with Crippen molar-refractivity contribution in [1.82, 2.24) is 0 Å². The monoisotopic (exact) mass is 492 g/mol. The maximum Gasteiger partial charge on any atom is 0.335 e. The van der Waals surface area contributed by atoms with Crippen molar-refractivity contribution in [2.24, 2.45) is 5.92 Å². The summed E-state index contributed by atoms with van der Waals surface area (Å²) in [5.41, 5.74) is 2.36. The quantitative estimate of drug-likeness (QED) is 0.369. The van der Waals surface area contributed by atoms with Gasteiger partial charge in [0.15, 0.2) is 11.6 Å². The summed E-state index contributed by atoms with van der Waals surface area (Å²) in [4.78, 5) is 0. The van der Waals surface area contributed by atoms with Gasteiger partial charge in [-0.25, -0.2) is 4.39 Å². The van der Waals surface area contributed by atoms with E-state index in [1.54, 1.807) is 0 Å². The maximum atomic E-state index is 15.9. The van der Waals surface area contributed by atoms with Crippen LogP contribution in [0.5, 0.6) is 0 Å². The smallest absolute Gasteiger partial charge is 0.335 e. The summed E-state index contributed by atoms with van der Waals surface area (Å²) in [6.07, 6.45) is -0.772. The summed E-state index contributed by atoms with van der Waals surface area (Å²) in [7, 11) is -5.56. The molecule has 1 aromatic rings. The molecule has 3 rings (SSSR count). The first kappa shape index (κ1) is 26.4. The van der Waals surface area contributed by atoms with Crippen LogP contribution < -0.4 is 0 Å². The van der Waals surface area contributed by atoms with Gasteiger partial charge in [0.05, 0.1) is 0 Å². The standard InChI is InChI=1S/C26H41FO4Si2/c1-17(2)32(18(3)4)29-16-23-21(9)25(28-15-22-13-11-10-12-14-22)24(27)26(23)30-33(31-32,19(5)6)20(7)8/h10-14,17-20,23,26H,9,15-16H2,1-8H3/t23-,26+/m0/s1. The third-order valence-electron chi connectivity index (χ3n) is 7.14. The van der Waals surface area contributed by atoms with Crippen molar-refractivity contribution in [3.05, 3.63) is 59.6 Å². The zero-order chi connectivity index (χ0) is 24.6. The zero-order valence-corrected chi connectivity index (χ0v) is 23.5. The maximum absolute atomic E-state index is 15.9. The Morgan fingerprint density at radius 1 is 0.939 bits per heavy atom. The van der Waals surface area contributed by atoms with E-state index in [0.717, 1.165) is 5.56 Å². The van der Waals surface area contributed by atoms with Crippen LogP contribution in [0.4, 0.5) is 4.39 Å². The van der Waals surface area contributed by atoms with Crippen molar-refractivity contribution >= 4 is 17.1 Å². The molecule has 2 atom stereocenters. The molecule has 1 saturated heterocycles. The molecule has 1 fully saturated rings. The normalized spacial score (nSPS) is 25.1. The van der Waals surface area contributed by atoms with Gasteiger partial charge in [-0.15, -0.1) is 0 Å². The van der Waals surface area contributed by atoms with Crippen LogP contribution in [-0.2, 0) is 24.3 Å². The molecule has 0 N–H and O–H groups in total. The molecule has 33 heavy (non-hydrogen) atoms. The van der Waals surface area contributed by atoms with Crippen LogP contribution in [0.1, 0.15) is 61.0 Å². The Bertz CT molecular complexity index is 850. The highest BCUT2D eigenvalue weighted by atomic mass is 28.5. The second kappa shape index (κ2) is 10.2. The van der Waals surface area contributed by atoms with E-state index in [1.807, 2.05) is 30.3 Å². The Kier molecular flexibility index (Phi) is 8.11. The molecule has 2 aliphatic rings. The number of fused-ring (bicyclic) bond motifs is 1. The molecular formula is C26H41FO4Si2. The fourth-order valence-corrected chi connectivity index (χ4v) is 16.3. The predicted octanol–water partition coefficient (Wildman–Crippen LogP) is 7.53. The lowest BCUT2D eigenvalue weighted by molar-refractivity contribution is 0.0485. The molecule has 1 aromatic carbocycles. The van der Waals surface area contributed by atoms with Gasteiger partial charge in [0.25, 0.3) is 0 Å². The first-order chi connectivity index (χ1) is 15.5. The van der Waals surface area contributed by atoms with Crippen molar-refractivity contribution in [3.63, 3.8) is 0 Å². The molecule has 184 valence electrons. The Hall–Kier alpha value is -1.26. The lowest BCUT2D eigenvalue weighted by Gasteiger charge is -2.51. The van der Waals surface area contributed by atoms with E-state index in [4.69, 9.17) is 17.7 Å². The zero-order valence-electron chi connectivity index (χ0n) is 21.5. The van der Waals surface area contributed by atoms with Crippen LogP contribution in [0, 0.1) is 5.92 Å². The van der Waals surface area contributed by atoms with Gasteiger partial charge in [-0.2, -0.15) is 0 Å². The van der Waals surface area contributed by atoms with Gasteiger partial charge in [0.1, 0.15) is 12.7 Å². The molecule has 0 radical (unpaired) electrons. The lowest BCUT2D eigenvalue weighted by Crippen LogP contribution is -2.64. The van der Waals surface area contributed by atoms with E-state index < -0.39 is 23.2 Å². The number of ether oxygens (including phenoxy) is 1. The van der Waals surface area contributed by atoms with E-state index in [0.29, 0.717) is 12.2 Å². The Morgan fingerprint density at radius 2 is 1.48 bits per heavy atom. The summed E-state index contributed by atoms with van der Waals surface area (Å²) < 4.78 is 42.6. The van der Waals surface area contributed by atoms with Gasteiger partial charge < -0.3 is 17.7 Å². The summed E-state index contributed by atoms with van der Waals surface area (Å²) in [6, 6.07) is 9.78. The minimum atomic E-state index is -2.89. The highest BCUT2D eigenvalue weighted by Gasteiger charge is 2.60. The van der Waals surface area contributed by atoms with Crippen LogP contribution in [0.3, 0.4) is 0 Å². The van der Waals surface area contributed by atoms with Crippen LogP contribution in [0.2, 0.25) is 22.2 Å². The van der Waals surface area contributed by atoms with Gasteiger partial charge in [0.2, 0.25) is 0 Å². The molecule has 4 nitrogen and oxygen atoms in total. The molecule has 0 saturated carbocycles. The molecule has 0 spiro atoms. The minimum absolute atomic E-state index is 0.138. The first-order valence-corrected chi connectivity index (χ1v) is 16.2. The van der Waals surface area contributed by atoms with Crippen LogP contribution >= 0.6 is 0 Å². The summed E-state index contributed by atoms with van der Waals surface area (Å²) in [5.74, 6) is -0.473. The molecule has 0 amide bonds. The lowest BCUT2D eigenvalue weighted by atomic mass is 10.0. The average Bonchev–Trinajstić information content (AvgIpc) is 2.94. The van der Waals surface area contributed by atoms with Gasteiger partial charge in [-0.05, 0) is 33.3 Å². The van der Waals surface area contributed by atoms with Crippen molar-refractivity contribution in [2.75, 3.05) is 6.61 Å². The Labute approximate surface area is 201 Å². The van der Waals surface area contributed by atoms with Crippen molar-refractivity contribution < 1.29 is 22.1 Å². The number of benzene rings is 1. The van der Waals surface area contributed by atoms with E-state index in [2.05, 4.69) is 62.0 Å². The van der Waals surface area contributed by atoms with Gasteiger partial charge in [-0.1, -0.05) is 92.3 Å². The molecule has 7 heteroatoms. The number of hydrogen-bond donors (Lipinski definition) is 0. The first-order valence-electron chi connectivity index (χ1n) is 12.2. The summed E-state index contributed by atoms with van der Waals surface area (Å²) in [6.45, 7) is 22.1. The average molecular weight is 493 g/mol. The van der Waals surface area contributed by atoms with Gasteiger partial charge in [-0.3, -0.25) is 0 Å². The van der Waals surface area contributed by atoms with Crippen LogP contribution in [0.15, 0.2) is 54.1 Å². The van der Waals surface area contributed by atoms with E-state index in [1.165, 1.54) is 0 Å². The highest BCUT2D eigenvalue weighted by molar-refractivity contribution is 6.84. The molecule has 1 heterocycles. The predicted molar refractivity (Wildman–Crippen MR) is 136 cm³/mol. The largest absolute Gasteiger partial charge is 0.486 e. The van der Waals surface area contributed by atoms with Crippen LogP contribution in [0.25, 0.3) is 0 Å². The SMILES string of the molecule is C=C1C(OCc2ccccc2)=C(F)[C@@H]2O[Si](C(C)C)(C(C)C)O[Si](C(C)C)(C(C)C)OC[C@@H]12. The third kappa shape index (κ3) is 4.80. The molecule has 0 unspecified atom stereocenters. The molecule has 1 aliphatic carbocycles. The fraction of sp³-hybridized carbons (Fsp3) is 0.615.